The van der Waals surface area contributed by atoms with E-state index in [2.05, 4.69) is 41.5 Å². The average molecular weight is 1330 g/mol. The van der Waals surface area contributed by atoms with Crippen molar-refractivity contribution < 1.29 is 80.2 Å². The summed E-state index contributed by atoms with van der Waals surface area (Å²) in [7, 11) is -9.90. The third-order valence-electron chi connectivity index (χ3n) is 16.8. The third-order valence-corrected chi connectivity index (χ3v) is 18.7. The Bertz CT molecular complexity index is 1750. The molecule has 0 aliphatic rings. The van der Waals surface area contributed by atoms with Gasteiger partial charge in [0.05, 0.1) is 26.4 Å². The number of phosphoric acid groups is 2. The molecule has 6 atom stereocenters. The van der Waals surface area contributed by atoms with Crippen molar-refractivity contribution in [3.63, 3.8) is 0 Å². The van der Waals surface area contributed by atoms with Gasteiger partial charge in [-0.25, -0.2) is 9.13 Å². The van der Waals surface area contributed by atoms with Crippen molar-refractivity contribution in [2.45, 2.75) is 381 Å². The molecule has 0 bridgehead atoms. The van der Waals surface area contributed by atoms with Crippen LogP contribution in [0.15, 0.2) is 0 Å². The minimum atomic E-state index is -4.95. The second kappa shape index (κ2) is 63.1. The lowest BCUT2D eigenvalue weighted by Gasteiger charge is -2.21. The number of hydrogen-bond donors (Lipinski definition) is 3. The van der Waals surface area contributed by atoms with Gasteiger partial charge in [-0.15, -0.1) is 0 Å². The molecule has 0 amide bonds. The van der Waals surface area contributed by atoms with Crippen LogP contribution in [0.2, 0.25) is 0 Å². The van der Waals surface area contributed by atoms with Crippen LogP contribution in [-0.4, -0.2) is 96.7 Å². The maximum absolute atomic E-state index is 13.0. The van der Waals surface area contributed by atoms with Gasteiger partial charge in [0.2, 0.25) is 0 Å². The van der Waals surface area contributed by atoms with E-state index in [1.54, 1.807) is 0 Å². The van der Waals surface area contributed by atoms with Crippen molar-refractivity contribution in [3.8, 4) is 0 Å². The van der Waals surface area contributed by atoms with Gasteiger partial charge in [-0.2, -0.15) is 0 Å². The summed E-state index contributed by atoms with van der Waals surface area (Å²) in [6.07, 6.45) is 48.6. The molecule has 3 N–H and O–H groups in total. The second-order valence-corrected chi connectivity index (χ2v) is 29.3. The Hall–Kier alpha value is -1.94. The maximum Gasteiger partial charge on any atom is 0.472 e. The van der Waals surface area contributed by atoms with E-state index in [4.69, 9.17) is 37.0 Å². The quantitative estimate of drug-likeness (QED) is 0.0222. The molecule has 90 heavy (non-hydrogen) atoms. The Morgan fingerprint density at radius 1 is 0.322 bits per heavy atom. The monoisotopic (exact) mass is 1320 g/mol. The van der Waals surface area contributed by atoms with Crippen LogP contribution in [0.25, 0.3) is 0 Å². The number of hydrogen-bond acceptors (Lipinski definition) is 15. The molecule has 0 aliphatic carbocycles. The van der Waals surface area contributed by atoms with Crippen molar-refractivity contribution in [3.05, 3.63) is 0 Å². The number of aliphatic hydroxyl groups is 1. The van der Waals surface area contributed by atoms with E-state index >= 15 is 0 Å². The Labute approximate surface area is 549 Å². The largest absolute Gasteiger partial charge is 0.472 e. The highest BCUT2D eigenvalue weighted by Gasteiger charge is 2.30. The molecule has 0 heterocycles. The SMILES string of the molecule is CCCCCCCCCCCCCCCCCCC(=O)O[C@H](COC(=O)CCCCCCCCCCCCC(C)CC)COP(=O)(O)OC[C@@H](O)COP(=O)(O)OC[C@@H](COC(=O)CCCCCCCCC)OC(=O)CCCCCCCCCCCCC(C)C. The Morgan fingerprint density at radius 3 is 0.844 bits per heavy atom. The minimum Gasteiger partial charge on any atom is -0.462 e. The standard InChI is InChI=1S/C71H138O17P2/c1-7-10-12-14-16-17-18-19-20-21-22-23-31-37-43-49-55-70(75)88-67(60-82-69(74)54-48-42-36-30-27-25-29-35-40-46-52-64(6)9-3)62-86-90(79,80)84-58-65(72)57-83-89(77,78)85-61-66(59-81-68(73)53-47-41-33-15-13-11-8-2)87-71(76)56-50-44-38-32-26-24-28-34-39-45-51-63(4)5/h63-67,72H,7-62H2,1-6H3,(H,77,78)(H,79,80)/t64?,65-,66+,67+/m0/s1. The fourth-order valence-electron chi connectivity index (χ4n) is 10.7. The predicted molar refractivity (Wildman–Crippen MR) is 363 cm³/mol. The summed E-state index contributed by atoms with van der Waals surface area (Å²) in [6.45, 7) is 9.54. The van der Waals surface area contributed by atoms with Gasteiger partial charge in [-0.3, -0.25) is 37.3 Å². The Balaban J connectivity index is 5.21. The summed E-state index contributed by atoms with van der Waals surface area (Å²) in [5.41, 5.74) is 0. The normalized spacial score (nSPS) is 14.4. The minimum absolute atomic E-state index is 0.106. The van der Waals surface area contributed by atoms with E-state index in [1.165, 1.54) is 167 Å². The van der Waals surface area contributed by atoms with E-state index in [9.17, 15) is 43.2 Å². The number of carbonyl (C=O) groups excluding carboxylic acids is 4. The van der Waals surface area contributed by atoms with E-state index in [-0.39, 0.29) is 25.7 Å². The van der Waals surface area contributed by atoms with Crippen molar-refractivity contribution >= 4 is 39.5 Å². The third kappa shape index (κ3) is 63.5. The summed E-state index contributed by atoms with van der Waals surface area (Å²) >= 11 is 0. The van der Waals surface area contributed by atoms with Crippen LogP contribution in [0.1, 0.15) is 363 Å². The lowest BCUT2D eigenvalue weighted by molar-refractivity contribution is -0.161. The number of esters is 4. The summed E-state index contributed by atoms with van der Waals surface area (Å²) in [5.74, 6) is -0.564. The van der Waals surface area contributed by atoms with E-state index in [1.807, 2.05) is 0 Å². The first kappa shape index (κ1) is 88.1. The number of phosphoric ester groups is 2. The first-order valence-corrected chi connectivity index (χ1v) is 40.0. The van der Waals surface area contributed by atoms with Crippen LogP contribution >= 0.6 is 15.6 Å². The summed E-state index contributed by atoms with van der Waals surface area (Å²) < 4.78 is 68.2. The number of rotatable bonds is 70. The molecule has 17 nitrogen and oxygen atoms in total. The van der Waals surface area contributed by atoms with Gasteiger partial charge in [-0.05, 0) is 37.5 Å². The molecule has 0 aromatic heterocycles. The summed E-state index contributed by atoms with van der Waals surface area (Å²) in [6, 6.07) is 0. The molecular weight excluding hydrogens is 1190 g/mol. The first-order chi connectivity index (χ1) is 43.4. The van der Waals surface area contributed by atoms with Crippen LogP contribution in [0.4, 0.5) is 0 Å². The molecule has 3 unspecified atom stereocenters. The van der Waals surface area contributed by atoms with Gasteiger partial charge in [0, 0.05) is 25.7 Å². The molecule has 534 valence electrons. The van der Waals surface area contributed by atoms with Crippen LogP contribution in [0.5, 0.6) is 0 Å². The van der Waals surface area contributed by atoms with Gasteiger partial charge >= 0.3 is 39.5 Å². The molecule has 0 saturated heterocycles. The van der Waals surface area contributed by atoms with Crippen molar-refractivity contribution in [1.82, 2.24) is 0 Å². The topological polar surface area (TPSA) is 237 Å². The zero-order chi connectivity index (χ0) is 66.5. The van der Waals surface area contributed by atoms with Crippen molar-refractivity contribution in [1.29, 1.82) is 0 Å². The molecule has 0 spiro atoms. The van der Waals surface area contributed by atoms with Crippen LogP contribution in [-0.2, 0) is 65.4 Å². The van der Waals surface area contributed by atoms with Crippen LogP contribution in [0.3, 0.4) is 0 Å². The Morgan fingerprint density at radius 2 is 0.567 bits per heavy atom. The lowest BCUT2D eigenvalue weighted by atomic mass is 9.99. The lowest BCUT2D eigenvalue weighted by Crippen LogP contribution is -2.30. The first-order valence-electron chi connectivity index (χ1n) is 37.0. The molecule has 0 aliphatic heterocycles. The maximum atomic E-state index is 13.0. The van der Waals surface area contributed by atoms with Gasteiger partial charge in [0.25, 0.3) is 0 Å². The number of aliphatic hydroxyl groups excluding tert-OH is 1. The van der Waals surface area contributed by atoms with Crippen LogP contribution < -0.4 is 0 Å². The fraction of sp³-hybridized carbons (Fsp3) is 0.944. The molecule has 0 fully saturated rings. The zero-order valence-electron chi connectivity index (χ0n) is 58.4. The molecular formula is C71H138O17P2. The van der Waals surface area contributed by atoms with Crippen molar-refractivity contribution in [2.75, 3.05) is 39.6 Å². The molecule has 0 aromatic rings. The molecule has 0 radical (unpaired) electrons. The second-order valence-electron chi connectivity index (χ2n) is 26.3. The van der Waals surface area contributed by atoms with Crippen molar-refractivity contribution in [2.24, 2.45) is 11.8 Å². The van der Waals surface area contributed by atoms with Gasteiger partial charge in [-0.1, -0.05) is 311 Å². The van der Waals surface area contributed by atoms with Gasteiger partial charge in [0.15, 0.2) is 12.2 Å². The highest BCUT2D eigenvalue weighted by Crippen LogP contribution is 2.45. The van der Waals surface area contributed by atoms with Gasteiger partial charge < -0.3 is 33.8 Å². The highest BCUT2D eigenvalue weighted by molar-refractivity contribution is 7.47. The molecule has 0 aromatic carbocycles. The number of unbranched alkanes of at least 4 members (excludes halogenated alkanes) is 39. The van der Waals surface area contributed by atoms with E-state index in [0.717, 1.165) is 115 Å². The number of ether oxygens (including phenoxy) is 4. The summed E-state index contributed by atoms with van der Waals surface area (Å²) in [4.78, 5) is 72.5. The fourth-order valence-corrected chi connectivity index (χ4v) is 12.3. The number of carbonyl (C=O) groups is 4. The summed E-state index contributed by atoms with van der Waals surface area (Å²) in [5, 5.41) is 10.6. The van der Waals surface area contributed by atoms with Crippen LogP contribution in [0, 0.1) is 11.8 Å². The average Bonchev–Trinajstić information content (AvgIpc) is 3.70. The zero-order valence-corrected chi connectivity index (χ0v) is 60.2. The van der Waals surface area contributed by atoms with E-state index < -0.39 is 97.5 Å². The molecule has 0 rings (SSSR count). The predicted octanol–water partition coefficient (Wildman–Crippen LogP) is 20.4. The van der Waals surface area contributed by atoms with E-state index in [0.29, 0.717) is 25.7 Å². The molecule has 19 heteroatoms. The molecule has 0 saturated carbocycles. The highest BCUT2D eigenvalue weighted by atomic mass is 31.2. The Kier molecular flexibility index (Phi) is 61.8. The van der Waals surface area contributed by atoms with Gasteiger partial charge in [0.1, 0.15) is 19.3 Å². The smallest absolute Gasteiger partial charge is 0.462 e.